The van der Waals surface area contributed by atoms with E-state index >= 15 is 0 Å². The summed E-state index contributed by atoms with van der Waals surface area (Å²) in [7, 11) is 0. The van der Waals surface area contributed by atoms with E-state index in [1.165, 1.54) is 10.9 Å². The van der Waals surface area contributed by atoms with E-state index in [1.54, 1.807) is 6.26 Å². The molecule has 0 aliphatic rings. The van der Waals surface area contributed by atoms with Gasteiger partial charge in [0.1, 0.15) is 0 Å². The molecule has 0 saturated carbocycles. The van der Waals surface area contributed by atoms with Gasteiger partial charge in [0.05, 0.1) is 6.26 Å². The largest absolute Gasteiger partial charge is 0.460 e. The molecule has 0 N–H and O–H groups in total. The number of hydrogen-bond acceptors (Lipinski definition) is 1. The molecule has 1 nitrogen and oxygen atoms in total. The van der Waals surface area contributed by atoms with Gasteiger partial charge in [-0.3, -0.25) is 0 Å². The zero-order valence-electron chi connectivity index (χ0n) is 7.29. The highest BCUT2D eigenvalue weighted by Gasteiger charge is 2.05. The lowest BCUT2D eigenvalue weighted by atomic mass is 9.99. The summed E-state index contributed by atoms with van der Waals surface area (Å²) >= 11 is 0. The predicted molar refractivity (Wildman–Crippen MR) is 49.1 cm³/mol. The van der Waals surface area contributed by atoms with Crippen LogP contribution in [0.25, 0.3) is 10.8 Å². The topological polar surface area (TPSA) is 13.1 Å². The molecule has 2 rings (SSSR count). The molecule has 1 heteroatoms. The summed E-state index contributed by atoms with van der Waals surface area (Å²) in [5, 5.41) is 2.26. The van der Waals surface area contributed by atoms with Gasteiger partial charge in [0.2, 0.25) is 0 Å². The molecule has 1 aromatic heterocycles. The maximum atomic E-state index is 5.03. The molecule has 1 aromatic carbocycles. The van der Waals surface area contributed by atoms with Crippen molar-refractivity contribution in [3.05, 3.63) is 36.3 Å². The van der Waals surface area contributed by atoms with Crippen molar-refractivity contribution >= 4 is 10.8 Å². The standard InChI is InChI=1S/C11H11O/c1-8(2)10-5-3-4-9-6-12-7-11(9)10/h3-5,7-8H,1-2H3. The molecule has 0 unspecified atom stereocenters. The number of furan rings is 1. The molecule has 0 aliphatic heterocycles. The lowest BCUT2D eigenvalue weighted by Gasteiger charge is -2.04. The molecule has 1 heterocycles. The van der Waals surface area contributed by atoms with Gasteiger partial charge < -0.3 is 4.42 Å². The van der Waals surface area contributed by atoms with Gasteiger partial charge in [-0.2, -0.15) is 0 Å². The Hall–Kier alpha value is -1.24. The lowest BCUT2D eigenvalue weighted by molar-refractivity contribution is 0.563. The second-order valence-corrected chi connectivity index (χ2v) is 3.30. The minimum Gasteiger partial charge on any atom is -0.460 e. The molecule has 0 amide bonds. The van der Waals surface area contributed by atoms with Gasteiger partial charge >= 0.3 is 0 Å². The van der Waals surface area contributed by atoms with Gasteiger partial charge in [-0.25, -0.2) is 0 Å². The first kappa shape index (κ1) is 7.41. The third kappa shape index (κ3) is 1.02. The third-order valence-corrected chi connectivity index (χ3v) is 2.11. The Morgan fingerprint density at radius 3 is 2.92 bits per heavy atom. The van der Waals surface area contributed by atoms with Gasteiger partial charge in [0.15, 0.2) is 6.26 Å². The van der Waals surface area contributed by atoms with E-state index in [-0.39, 0.29) is 0 Å². The number of benzene rings is 1. The lowest BCUT2D eigenvalue weighted by Crippen LogP contribution is -1.86. The molecular formula is C11H11O. The quantitative estimate of drug-likeness (QED) is 0.621. The number of hydrogen-bond donors (Lipinski definition) is 0. The molecule has 0 bridgehead atoms. The minimum absolute atomic E-state index is 0.541. The van der Waals surface area contributed by atoms with Gasteiger partial charge in [-0.15, -0.1) is 0 Å². The number of rotatable bonds is 1. The highest BCUT2D eigenvalue weighted by atomic mass is 16.3. The molecule has 0 aliphatic carbocycles. The fraction of sp³-hybridized carbons (Fsp3) is 0.273. The molecule has 0 fully saturated rings. The fourth-order valence-corrected chi connectivity index (χ4v) is 1.46. The Morgan fingerprint density at radius 2 is 2.17 bits per heavy atom. The van der Waals surface area contributed by atoms with E-state index in [0.717, 1.165) is 5.39 Å². The highest BCUT2D eigenvalue weighted by Crippen LogP contribution is 2.25. The van der Waals surface area contributed by atoms with E-state index in [2.05, 4.69) is 26.2 Å². The van der Waals surface area contributed by atoms with Crippen LogP contribution in [0.2, 0.25) is 0 Å². The summed E-state index contributed by atoms with van der Waals surface area (Å²) in [6.45, 7) is 4.36. The first-order valence-corrected chi connectivity index (χ1v) is 4.17. The van der Waals surface area contributed by atoms with Crippen LogP contribution in [-0.2, 0) is 0 Å². The second-order valence-electron chi connectivity index (χ2n) is 3.30. The molecule has 0 atom stereocenters. The van der Waals surface area contributed by atoms with E-state index < -0.39 is 0 Å². The summed E-state index contributed by atoms with van der Waals surface area (Å²) in [5.41, 5.74) is 1.33. The van der Waals surface area contributed by atoms with Gasteiger partial charge in [0, 0.05) is 10.8 Å². The zero-order valence-corrected chi connectivity index (χ0v) is 7.29. The number of fused-ring (bicyclic) bond motifs is 1. The van der Waals surface area contributed by atoms with E-state index in [1.807, 2.05) is 12.1 Å². The molecule has 2 aromatic rings. The smallest absolute Gasteiger partial charge is 0.177 e. The highest BCUT2D eigenvalue weighted by molar-refractivity contribution is 5.84. The SMILES string of the molecule is CC(C)c1cccc2[c]occ12. The zero-order chi connectivity index (χ0) is 8.55. The molecule has 61 valence electrons. The predicted octanol–water partition coefficient (Wildman–Crippen LogP) is 3.36. The Bertz CT molecular complexity index is 385. The monoisotopic (exact) mass is 159 g/mol. The van der Waals surface area contributed by atoms with Crippen molar-refractivity contribution in [2.45, 2.75) is 19.8 Å². The van der Waals surface area contributed by atoms with Crippen LogP contribution >= 0.6 is 0 Å². The second kappa shape index (κ2) is 2.67. The fourth-order valence-electron chi connectivity index (χ4n) is 1.46. The summed E-state index contributed by atoms with van der Waals surface area (Å²) in [6.07, 6.45) is 4.61. The molecule has 0 saturated heterocycles. The molecule has 0 spiro atoms. The van der Waals surface area contributed by atoms with Crippen LogP contribution in [0.4, 0.5) is 0 Å². The van der Waals surface area contributed by atoms with E-state index in [0.29, 0.717) is 5.92 Å². The summed E-state index contributed by atoms with van der Waals surface area (Å²) in [6, 6.07) is 6.20. The van der Waals surface area contributed by atoms with Crippen LogP contribution in [0, 0.1) is 6.26 Å². The van der Waals surface area contributed by atoms with Gasteiger partial charge in [-0.1, -0.05) is 32.0 Å². The molecule has 12 heavy (non-hydrogen) atoms. The van der Waals surface area contributed by atoms with Gasteiger partial charge in [0.25, 0.3) is 0 Å². The molecular weight excluding hydrogens is 148 g/mol. The van der Waals surface area contributed by atoms with E-state index in [4.69, 9.17) is 4.42 Å². The summed E-state index contributed by atoms with van der Waals surface area (Å²) < 4.78 is 5.03. The maximum absolute atomic E-state index is 5.03. The van der Waals surface area contributed by atoms with Crippen LogP contribution in [0.5, 0.6) is 0 Å². The average molecular weight is 159 g/mol. The minimum atomic E-state index is 0.541. The van der Waals surface area contributed by atoms with Crippen molar-refractivity contribution in [3.63, 3.8) is 0 Å². The summed E-state index contributed by atoms with van der Waals surface area (Å²) in [4.78, 5) is 0. The van der Waals surface area contributed by atoms with Crippen LogP contribution in [0.15, 0.2) is 28.9 Å². The van der Waals surface area contributed by atoms with Crippen LogP contribution in [0.3, 0.4) is 0 Å². The van der Waals surface area contributed by atoms with Crippen molar-refractivity contribution in [1.82, 2.24) is 0 Å². The van der Waals surface area contributed by atoms with Crippen molar-refractivity contribution in [2.24, 2.45) is 0 Å². The van der Waals surface area contributed by atoms with Crippen molar-refractivity contribution in [1.29, 1.82) is 0 Å². The average Bonchev–Trinajstić information content (AvgIpc) is 2.49. The van der Waals surface area contributed by atoms with Crippen molar-refractivity contribution < 1.29 is 4.42 Å². The third-order valence-electron chi connectivity index (χ3n) is 2.11. The molecule has 1 radical (unpaired) electrons. The Labute approximate surface area is 72.0 Å². The van der Waals surface area contributed by atoms with Crippen LogP contribution in [-0.4, -0.2) is 0 Å². The first-order valence-electron chi connectivity index (χ1n) is 4.17. The first-order chi connectivity index (χ1) is 5.79. The van der Waals surface area contributed by atoms with E-state index in [9.17, 15) is 0 Å². The van der Waals surface area contributed by atoms with Crippen molar-refractivity contribution in [3.8, 4) is 0 Å². The Morgan fingerprint density at radius 1 is 1.33 bits per heavy atom. The normalized spacial score (nSPS) is 11.2. The Kier molecular flexibility index (Phi) is 1.65. The summed E-state index contributed by atoms with van der Waals surface area (Å²) in [5.74, 6) is 0.541. The van der Waals surface area contributed by atoms with Gasteiger partial charge in [-0.05, 0) is 11.5 Å². The van der Waals surface area contributed by atoms with Crippen LogP contribution < -0.4 is 0 Å². The Balaban J connectivity index is 2.73. The maximum Gasteiger partial charge on any atom is 0.177 e. The van der Waals surface area contributed by atoms with Crippen LogP contribution in [0.1, 0.15) is 25.3 Å². The van der Waals surface area contributed by atoms with Crippen molar-refractivity contribution in [2.75, 3.05) is 0 Å².